The third kappa shape index (κ3) is 4.03. The highest BCUT2D eigenvalue weighted by Gasteiger charge is 2.29. The molecule has 0 spiro atoms. The molecule has 0 amide bonds. The minimum atomic E-state index is -0.566. The van der Waals surface area contributed by atoms with Gasteiger partial charge in [-0.15, -0.1) is 0 Å². The van der Waals surface area contributed by atoms with Gasteiger partial charge >= 0.3 is 0 Å². The molecule has 0 atom stereocenters. The van der Waals surface area contributed by atoms with Gasteiger partial charge in [0.15, 0.2) is 0 Å². The fourth-order valence-corrected chi connectivity index (χ4v) is 3.08. The highest BCUT2D eigenvalue weighted by molar-refractivity contribution is 6.28. The second-order valence-electron chi connectivity index (χ2n) is 6.48. The molecule has 0 bridgehead atoms. The summed E-state index contributed by atoms with van der Waals surface area (Å²) in [6.45, 7) is 2.27. The summed E-state index contributed by atoms with van der Waals surface area (Å²) in [5, 5.41) is 18.2. The molecular formula is C16H22ClN5O2. The molecule has 1 aliphatic rings. The summed E-state index contributed by atoms with van der Waals surface area (Å²) < 4.78 is 6.78. The zero-order valence-electron chi connectivity index (χ0n) is 13.9. The first kappa shape index (κ1) is 17.1. The Labute approximate surface area is 146 Å². The molecule has 0 unspecified atom stereocenters. The lowest BCUT2D eigenvalue weighted by atomic mass is 9.83. The van der Waals surface area contributed by atoms with Crippen LogP contribution in [0.2, 0.25) is 5.28 Å². The molecule has 0 aromatic carbocycles. The predicted molar refractivity (Wildman–Crippen MR) is 91.8 cm³/mol. The van der Waals surface area contributed by atoms with Crippen molar-refractivity contribution in [3.8, 4) is 11.3 Å². The number of aliphatic hydroxyl groups is 1. The van der Waals surface area contributed by atoms with E-state index in [-0.39, 0.29) is 11.3 Å². The molecule has 0 radical (unpaired) electrons. The van der Waals surface area contributed by atoms with Gasteiger partial charge in [-0.3, -0.25) is 0 Å². The number of nitrogens with zero attached hydrogens (tertiary/aromatic N) is 4. The average Bonchev–Trinajstić information content (AvgIpc) is 2.98. The van der Waals surface area contributed by atoms with Crippen LogP contribution in [0.4, 0.5) is 5.82 Å². The first-order valence-corrected chi connectivity index (χ1v) is 8.39. The van der Waals surface area contributed by atoms with Crippen LogP contribution in [0, 0.1) is 0 Å². The Hall–Kier alpha value is -1.70. The largest absolute Gasteiger partial charge is 0.390 e. The molecule has 1 saturated carbocycles. The van der Waals surface area contributed by atoms with Crippen molar-refractivity contribution in [1.29, 1.82) is 0 Å². The van der Waals surface area contributed by atoms with Crippen LogP contribution in [-0.4, -0.2) is 43.6 Å². The van der Waals surface area contributed by atoms with Crippen molar-refractivity contribution in [2.45, 2.75) is 51.0 Å². The Morgan fingerprint density at radius 1 is 1.46 bits per heavy atom. The van der Waals surface area contributed by atoms with Gasteiger partial charge in [0.25, 0.3) is 0 Å². The Kier molecular flexibility index (Phi) is 5.03. The lowest BCUT2D eigenvalue weighted by molar-refractivity contribution is 0.0196. The maximum Gasteiger partial charge on any atom is 0.224 e. The molecule has 7 nitrogen and oxygen atoms in total. The second-order valence-corrected chi connectivity index (χ2v) is 6.81. The maximum atomic E-state index is 10.1. The highest BCUT2D eigenvalue weighted by Crippen LogP contribution is 2.32. The van der Waals surface area contributed by atoms with E-state index < -0.39 is 5.60 Å². The summed E-state index contributed by atoms with van der Waals surface area (Å²) in [6.07, 6.45) is 6.81. The van der Waals surface area contributed by atoms with Gasteiger partial charge in [0.2, 0.25) is 5.28 Å². The molecule has 2 heterocycles. The number of aromatic nitrogens is 4. The molecule has 130 valence electrons. The number of nitrogens with one attached hydrogen (secondary N) is 1. The van der Waals surface area contributed by atoms with E-state index in [0.29, 0.717) is 12.5 Å². The summed E-state index contributed by atoms with van der Waals surface area (Å²) >= 11 is 5.97. The van der Waals surface area contributed by atoms with Crippen LogP contribution in [-0.2, 0) is 11.5 Å². The molecule has 1 aliphatic carbocycles. The second kappa shape index (κ2) is 7.04. The minimum Gasteiger partial charge on any atom is -0.390 e. The normalized spacial score (nSPS) is 24.1. The maximum absolute atomic E-state index is 10.1. The van der Waals surface area contributed by atoms with Gasteiger partial charge in [-0.25, -0.2) is 14.6 Å². The molecule has 1 fully saturated rings. The Bertz CT molecular complexity index is 694. The van der Waals surface area contributed by atoms with Crippen molar-refractivity contribution in [3.63, 3.8) is 0 Å². The van der Waals surface area contributed by atoms with E-state index in [1.54, 1.807) is 18.0 Å². The molecule has 2 aromatic rings. The molecule has 3 rings (SSSR count). The van der Waals surface area contributed by atoms with Gasteiger partial charge in [0.05, 0.1) is 16.9 Å². The van der Waals surface area contributed by atoms with E-state index in [2.05, 4.69) is 20.4 Å². The van der Waals surface area contributed by atoms with E-state index in [1.165, 1.54) is 0 Å². The van der Waals surface area contributed by atoms with Crippen molar-refractivity contribution < 1.29 is 9.84 Å². The van der Waals surface area contributed by atoms with Crippen LogP contribution in [0.25, 0.3) is 11.3 Å². The number of hydrogen-bond acceptors (Lipinski definition) is 6. The van der Waals surface area contributed by atoms with E-state index in [4.69, 9.17) is 16.3 Å². The number of ether oxygens (including phenoxy) is 1. The Balaban J connectivity index is 1.80. The van der Waals surface area contributed by atoms with E-state index >= 15 is 0 Å². The van der Waals surface area contributed by atoms with Crippen molar-refractivity contribution >= 4 is 17.4 Å². The standard InChI is InChI=1S/C16H22ClN5O2/c1-16(23)6-3-11(4-7-16)19-14-12(9-18-15(17)20-14)13-5-8-22(21-13)10-24-2/h5,8-9,11,23H,3-4,6-7,10H2,1-2H3,(H,18,19,20). The van der Waals surface area contributed by atoms with Gasteiger partial charge in [0.1, 0.15) is 12.5 Å². The van der Waals surface area contributed by atoms with Crippen LogP contribution in [0.3, 0.4) is 0 Å². The molecule has 2 aromatic heterocycles. The van der Waals surface area contributed by atoms with Gasteiger partial charge in [-0.2, -0.15) is 5.10 Å². The quantitative estimate of drug-likeness (QED) is 0.806. The summed E-state index contributed by atoms with van der Waals surface area (Å²) in [5.41, 5.74) is 0.990. The molecular weight excluding hydrogens is 330 g/mol. The fraction of sp³-hybridized carbons (Fsp3) is 0.562. The van der Waals surface area contributed by atoms with E-state index in [0.717, 1.165) is 36.9 Å². The van der Waals surface area contributed by atoms with Crippen LogP contribution >= 0.6 is 11.6 Å². The first-order valence-electron chi connectivity index (χ1n) is 8.01. The van der Waals surface area contributed by atoms with Gasteiger partial charge in [-0.05, 0) is 50.3 Å². The van der Waals surface area contributed by atoms with Crippen molar-refractivity contribution in [2.75, 3.05) is 12.4 Å². The lowest BCUT2D eigenvalue weighted by Crippen LogP contribution is -2.36. The Morgan fingerprint density at radius 3 is 2.92 bits per heavy atom. The van der Waals surface area contributed by atoms with Crippen LogP contribution < -0.4 is 5.32 Å². The zero-order valence-corrected chi connectivity index (χ0v) is 14.6. The molecule has 0 saturated heterocycles. The topological polar surface area (TPSA) is 85.1 Å². The molecule has 24 heavy (non-hydrogen) atoms. The van der Waals surface area contributed by atoms with Crippen LogP contribution in [0.1, 0.15) is 32.6 Å². The molecule has 2 N–H and O–H groups in total. The minimum absolute atomic E-state index is 0.195. The SMILES string of the molecule is COCn1ccc(-c2cnc(Cl)nc2NC2CCC(C)(O)CC2)n1. The number of anilines is 1. The van der Waals surface area contributed by atoms with Gasteiger partial charge in [0, 0.05) is 25.5 Å². The zero-order chi connectivity index (χ0) is 17.2. The smallest absolute Gasteiger partial charge is 0.224 e. The first-order chi connectivity index (χ1) is 11.5. The summed E-state index contributed by atoms with van der Waals surface area (Å²) in [5.74, 6) is 0.671. The number of methoxy groups -OCH3 is 1. The Morgan fingerprint density at radius 2 is 2.21 bits per heavy atom. The van der Waals surface area contributed by atoms with Crippen molar-refractivity contribution in [2.24, 2.45) is 0 Å². The van der Waals surface area contributed by atoms with Crippen LogP contribution in [0.5, 0.6) is 0 Å². The molecule has 0 aliphatic heterocycles. The van der Waals surface area contributed by atoms with Gasteiger partial charge < -0.3 is 15.2 Å². The third-order valence-electron chi connectivity index (χ3n) is 4.34. The third-order valence-corrected chi connectivity index (χ3v) is 4.52. The monoisotopic (exact) mass is 351 g/mol. The number of halogens is 1. The van der Waals surface area contributed by atoms with E-state index in [1.807, 2.05) is 19.2 Å². The lowest BCUT2D eigenvalue weighted by Gasteiger charge is -2.33. The average molecular weight is 352 g/mol. The summed E-state index contributed by atoms with van der Waals surface area (Å²) in [6, 6.07) is 2.14. The number of rotatable bonds is 5. The molecule has 8 heteroatoms. The number of hydrogen-bond donors (Lipinski definition) is 2. The summed E-state index contributed by atoms with van der Waals surface area (Å²) in [4.78, 5) is 8.42. The summed E-state index contributed by atoms with van der Waals surface area (Å²) in [7, 11) is 1.62. The highest BCUT2D eigenvalue weighted by atomic mass is 35.5. The van der Waals surface area contributed by atoms with Crippen molar-refractivity contribution in [3.05, 3.63) is 23.7 Å². The van der Waals surface area contributed by atoms with E-state index in [9.17, 15) is 5.11 Å². The van der Waals surface area contributed by atoms with Crippen LogP contribution in [0.15, 0.2) is 18.5 Å². The van der Waals surface area contributed by atoms with Gasteiger partial charge in [-0.1, -0.05) is 0 Å². The van der Waals surface area contributed by atoms with Crippen molar-refractivity contribution in [1.82, 2.24) is 19.7 Å². The fourth-order valence-electron chi connectivity index (χ4n) is 2.94. The predicted octanol–water partition coefficient (Wildman–Crippen LogP) is 2.70.